The zero-order valence-electron chi connectivity index (χ0n) is 17.2. The molecule has 0 unspecified atom stereocenters. The zero-order chi connectivity index (χ0) is 20.6. The summed E-state index contributed by atoms with van der Waals surface area (Å²) in [6.45, 7) is 8.22. The minimum atomic E-state index is -0.554. The van der Waals surface area contributed by atoms with E-state index in [1.807, 2.05) is 0 Å². The van der Waals surface area contributed by atoms with Crippen LogP contribution in [0, 0.1) is 0 Å². The number of rotatable bonds is 5. The molecule has 2 fully saturated rings. The highest BCUT2D eigenvalue weighted by Crippen LogP contribution is 2.14. The van der Waals surface area contributed by atoms with Crippen LogP contribution in [0.25, 0.3) is 0 Å². The molecule has 8 heteroatoms. The molecule has 2 heterocycles. The molecule has 2 N–H and O–H groups in total. The standard InChI is InChI=1S/C20H33N3O5/c1-20(2,3)28-19(26)21-9-4-18(25)23-10-5-16(6-11-23)22-17(24)14-15-7-12-27-13-8-15/h14,16H,4-13H2,1-3H3,(H,21,26)(H,22,24). The summed E-state index contributed by atoms with van der Waals surface area (Å²) in [6, 6.07) is 0.0909. The fraction of sp³-hybridized carbons (Fsp3) is 0.750. The van der Waals surface area contributed by atoms with Crippen molar-refractivity contribution < 1.29 is 23.9 Å². The summed E-state index contributed by atoms with van der Waals surface area (Å²) in [7, 11) is 0. The van der Waals surface area contributed by atoms with Gasteiger partial charge in [0.2, 0.25) is 11.8 Å². The Bertz CT molecular complexity index is 581. The van der Waals surface area contributed by atoms with Crippen LogP contribution >= 0.6 is 0 Å². The molecule has 0 aromatic heterocycles. The Morgan fingerprint density at radius 2 is 1.82 bits per heavy atom. The van der Waals surface area contributed by atoms with Crippen LogP contribution in [0.1, 0.15) is 52.9 Å². The van der Waals surface area contributed by atoms with Gasteiger partial charge in [-0.2, -0.15) is 0 Å². The third-order valence-electron chi connectivity index (χ3n) is 4.67. The van der Waals surface area contributed by atoms with Gasteiger partial charge < -0.3 is 25.0 Å². The van der Waals surface area contributed by atoms with Crippen LogP contribution < -0.4 is 10.6 Å². The first-order valence-electron chi connectivity index (χ1n) is 10.1. The van der Waals surface area contributed by atoms with Crippen molar-refractivity contribution in [1.82, 2.24) is 15.5 Å². The fourth-order valence-corrected chi connectivity index (χ4v) is 3.22. The molecule has 0 aliphatic carbocycles. The summed E-state index contributed by atoms with van der Waals surface area (Å²) >= 11 is 0. The van der Waals surface area contributed by atoms with Crippen molar-refractivity contribution in [3.8, 4) is 0 Å². The van der Waals surface area contributed by atoms with E-state index in [-0.39, 0.29) is 30.8 Å². The lowest BCUT2D eigenvalue weighted by molar-refractivity contribution is -0.132. The first-order valence-corrected chi connectivity index (χ1v) is 10.1. The number of amides is 3. The van der Waals surface area contributed by atoms with Crippen molar-refractivity contribution in [2.45, 2.75) is 64.5 Å². The number of carbonyl (C=O) groups excluding carboxylic acids is 3. The molecule has 0 spiro atoms. The zero-order valence-corrected chi connectivity index (χ0v) is 17.2. The van der Waals surface area contributed by atoms with Gasteiger partial charge in [-0.3, -0.25) is 9.59 Å². The maximum absolute atomic E-state index is 12.3. The SMILES string of the molecule is CC(C)(C)OC(=O)NCCC(=O)N1CCC(NC(=O)C=C2CCOCC2)CC1. The summed E-state index contributed by atoms with van der Waals surface area (Å²) in [5, 5.41) is 5.64. The van der Waals surface area contributed by atoms with Crippen molar-refractivity contribution in [2.24, 2.45) is 0 Å². The highest BCUT2D eigenvalue weighted by molar-refractivity contribution is 5.88. The Hall–Kier alpha value is -2.09. The predicted molar refractivity (Wildman–Crippen MR) is 105 cm³/mol. The van der Waals surface area contributed by atoms with Gasteiger partial charge in [-0.05, 0) is 46.5 Å². The van der Waals surface area contributed by atoms with Crippen molar-refractivity contribution in [2.75, 3.05) is 32.8 Å². The van der Waals surface area contributed by atoms with E-state index in [0.717, 1.165) is 31.3 Å². The van der Waals surface area contributed by atoms with E-state index in [1.165, 1.54) is 0 Å². The normalized spacial score (nSPS) is 18.4. The number of hydrogen-bond donors (Lipinski definition) is 2. The van der Waals surface area contributed by atoms with Crippen LogP contribution in [0.15, 0.2) is 11.6 Å². The average molecular weight is 396 g/mol. The third kappa shape index (κ3) is 8.29. The Labute approximate surface area is 167 Å². The maximum atomic E-state index is 12.3. The minimum Gasteiger partial charge on any atom is -0.444 e. The smallest absolute Gasteiger partial charge is 0.407 e. The molecule has 28 heavy (non-hydrogen) atoms. The number of ether oxygens (including phenoxy) is 2. The quantitative estimate of drug-likeness (QED) is 0.691. The van der Waals surface area contributed by atoms with E-state index in [2.05, 4.69) is 10.6 Å². The number of carbonyl (C=O) groups is 3. The van der Waals surface area contributed by atoms with Crippen LogP contribution in [0.4, 0.5) is 4.79 Å². The van der Waals surface area contributed by atoms with Crippen molar-refractivity contribution in [1.29, 1.82) is 0 Å². The van der Waals surface area contributed by atoms with Crippen LogP contribution in [0.5, 0.6) is 0 Å². The molecule has 0 aromatic rings. The molecule has 3 amide bonds. The Morgan fingerprint density at radius 3 is 2.43 bits per heavy atom. The first kappa shape index (κ1) is 22.2. The molecule has 2 aliphatic rings. The number of likely N-dealkylation sites (tertiary alicyclic amines) is 1. The van der Waals surface area contributed by atoms with Gasteiger partial charge >= 0.3 is 6.09 Å². The molecule has 0 radical (unpaired) electrons. The molecule has 0 atom stereocenters. The Kier molecular flexibility index (Phi) is 8.29. The fourth-order valence-electron chi connectivity index (χ4n) is 3.22. The summed E-state index contributed by atoms with van der Waals surface area (Å²) in [5.74, 6) is -0.0478. The monoisotopic (exact) mass is 395 g/mol. The number of piperidine rings is 1. The van der Waals surface area contributed by atoms with E-state index in [0.29, 0.717) is 26.3 Å². The van der Waals surface area contributed by atoms with Gasteiger partial charge in [-0.15, -0.1) is 0 Å². The second-order valence-corrected chi connectivity index (χ2v) is 8.26. The Morgan fingerprint density at radius 1 is 1.18 bits per heavy atom. The van der Waals surface area contributed by atoms with Gasteiger partial charge in [0.25, 0.3) is 0 Å². The van der Waals surface area contributed by atoms with E-state index in [1.54, 1.807) is 31.7 Å². The topological polar surface area (TPSA) is 97.0 Å². The average Bonchev–Trinajstić information content (AvgIpc) is 2.61. The lowest BCUT2D eigenvalue weighted by Crippen LogP contribution is -2.47. The van der Waals surface area contributed by atoms with Gasteiger partial charge in [0.15, 0.2) is 0 Å². The summed E-state index contributed by atoms with van der Waals surface area (Å²) in [6.07, 6.45) is 4.54. The molecule has 2 aliphatic heterocycles. The second-order valence-electron chi connectivity index (χ2n) is 8.26. The van der Waals surface area contributed by atoms with Gasteiger partial charge in [0, 0.05) is 38.2 Å². The molecule has 0 saturated carbocycles. The number of alkyl carbamates (subject to hydrolysis) is 1. The molecule has 158 valence electrons. The second kappa shape index (κ2) is 10.5. The summed E-state index contributed by atoms with van der Waals surface area (Å²) in [5.41, 5.74) is 0.579. The number of nitrogens with zero attached hydrogens (tertiary/aromatic N) is 1. The predicted octanol–water partition coefficient (Wildman–Crippen LogP) is 1.75. The molecule has 2 saturated heterocycles. The van der Waals surface area contributed by atoms with E-state index < -0.39 is 11.7 Å². The lowest BCUT2D eigenvalue weighted by Gasteiger charge is -2.32. The highest BCUT2D eigenvalue weighted by Gasteiger charge is 2.24. The van der Waals surface area contributed by atoms with Crippen molar-refractivity contribution >= 4 is 17.9 Å². The number of hydrogen-bond acceptors (Lipinski definition) is 5. The van der Waals surface area contributed by atoms with E-state index in [9.17, 15) is 14.4 Å². The van der Waals surface area contributed by atoms with Gasteiger partial charge in [0.05, 0.1) is 13.2 Å². The third-order valence-corrected chi connectivity index (χ3v) is 4.67. The minimum absolute atomic E-state index is 0.00478. The van der Waals surface area contributed by atoms with Crippen LogP contribution in [0.3, 0.4) is 0 Å². The lowest BCUT2D eigenvalue weighted by atomic mass is 10.0. The molecule has 0 bridgehead atoms. The van der Waals surface area contributed by atoms with Crippen LogP contribution in [-0.4, -0.2) is 67.3 Å². The Balaban J connectivity index is 1.63. The molecule has 0 aromatic carbocycles. The first-order chi connectivity index (χ1) is 13.2. The van der Waals surface area contributed by atoms with Crippen LogP contribution in [0.2, 0.25) is 0 Å². The van der Waals surface area contributed by atoms with E-state index in [4.69, 9.17) is 9.47 Å². The molecular weight excluding hydrogens is 362 g/mol. The number of nitrogens with one attached hydrogen (secondary N) is 2. The highest BCUT2D eigenvalue weighted by atomic mass is 16.6. The van der Waals surface area contributed by atoms with Gasteiger partial charge in [-0.25, -0.2) is 4.79 Å². The molecular formula is C20H33N3O5. The molecule has 8 nitrogen and oxygen atoms in total. The molecule has 2 rings (SSSR count). The van der Waals surface area contributed by atoms with Gasteiger partial charge in [-0.1, -0.05) is 5.57 Å². The summed E-state index contributed by atoms with van der Waals surface area (Å²) in [4.78, 5) is 37.8. The van der Waals surface area contributed by atoms with Crippen molar-refractivity contribution in [3.63, 3.8) is 0 Å². The van der Waals surface area contributed by atoms with Crippen LogP contribution in [-0.2, 0) is 19.1 Å². The van der Waals surface area contributed by atoms with Gasteiger partial charge in [0.1, 0.15) is 5.60 Å². The largest absolute Gasteiger partial charge is 0.444 e. The summed E-state index contributed by atoms with van der Waals surface area (Å²) < 4.78 is 10.4. The van der Waals surface area contributed by atoms with Crippen molar-refractivity contribution in [3.05, 3.63) is 11.6 Å². The van der Waals surface area contributed by atoms with E-state index >= 15 is 0 Å². The maximum Gasteiger partial charge on any atom is 0.407 e.